The summed E-state index contributed by atoms with van der Waals surface area (Å²) < 4.78 is 12.5. The van der Waals surface area contributed by atoms with Crippen molar-refractivity contribution in [2.45, 2.75) is 33.9 Å². The molecule has 1 aromatic heterocycles. The molecule has 0 unspecified atom stereocenters. The summed E-state index contributed by atoms with van der Waals surface area (Å²) in [5.41, 5.74) is 3.93. The van der Waals surface area contributed by atoms with Crippen LogP contribution < -0.4 is 10.1 Å². The van der Waals surface area contributed by atoms with E-state index in [2.05, 4.69) is 10.4 Å². The SMILES string of the molecule is Cc1cc(C)cc(NC(=O)Cn2nc(COc3ccccc3C)oc2=S)c1. The van der Waals surface area contributed by atoms with E-state index in [9.17, 15) is 4.79 Å². The molecule has 27 heavy (non-hydrogen) atoms. The highest BCUT2D eigenvalue weighted by Gasteiger charge is 2.11. The number of hydrogen-bond acceptors (Lipinski definition) is 5. The largest absolute Gasteiger partial charge is 0.484 e. The van der Waals surface area contributed by atoms with E-state index in [-0.39, 0.29) is 23.9 Å². The van der Waals surface area contributed by atoms with Gasteiger partial charge in [-0.25, -0.2) is 4.68 Å². The smallest absolute Gasteiger partial charge is 0.287 e. The standard InChI is InChI=1S/C20H21N3O3S/c1-13-8-14(2)10-16(9-13)21-18(24)11-23-20(27)26-19(22-23)12-25-17-7-5-4-6-15(17)3/h4-10H,11-12H2,1-3H3,(H,21,24). The van der Waals surface area contributed by atoms with Gasteiger partial charge in [0.2, 0.25) is 5.91 Å². The number of carbonyl (C=O) groups is 1. The summed E-state index contributed by atoms with van der Waals surface area (Å²) in [4.78, 5) is 12.4. The highest BCUT2D eigenvalue weighted by Crippen LogP contribution is 2.18. The molecule has 3 aromatic rings. The van der Waals surface area contributed by atoms with Crippen molar-refractivity contribution >= 4 is 23.8 Å². The summed E-state index contributed by atoms with van der Waals surface area (Å²) in [6.07, 6.45) is 0. The molecule has 2 aromatic carbocycles. The zero-order valence-electron chi connectivity index (χ0n) is 15.5. The van der Waals surface area contributed by atoms with Crippen molar-refractivity contribution < 1.29 is 13.9 Å². The molecule has 0 aliphatic heterocycles. The zero-order chi connectivity index (χ0) is 19.4. The monoisotopic (exact) mass is 383 g/mol. The molecule has 7 heteroatoms. The predicted molar refractivity (Wildman–Crippen MR) is 105 cm³/mol. The Labute approximate surface area is 162 Å². The molecular formula is C20H21N3O3S. The van der Waals surface area contributed by atoms with E-state index in [0.29, 0.717) is 5.89 Å². The van der Waals surface area contributed by atoms with Crippen LogP contribution in [-0.4, -0.2) is 15.7 Å². The lowest BCUT2D eigenvalue weighted by atomic mass is 10.1. The van der Waals surface area contributed by atoms with Gasteiger partial charge in [-0.15, -0.1) is 5.10 Å². The van der Waals surface area contributed by atoms with E-state index in [1.165, 1.54) is 4.68 Å². The Bertz CT molecular complexity index is 1000. The summed E-state index contributed by atoms with van der Waals surface area (Å²) in [5.74, 6) is 0.846. The molecule has 0 aliphatic rings. The van der Waals surface area contributed by atoms with Crippen LogP contribution in [0.1, 0.15) is 22.6 Å². The second-order valence-electron chi connectivity index (χ2n) is 6.40. The number of carbonyl (C=O) groups excluding carboxylic acids is 1. The molecule has 1 heterocycles. The average Bonchev–Trinajstić information content (AvgIpc) is 2.92. The number of aromatic nitrogens is 2. The van der Waals surface area contributed by atoms with Gasteiger partial charge in [0.1, 0.15) is 12.3 Å². The number of nitrogens with zero attached hydrogens (tertiary/aromatic N) is 2. The second kappa shape index (κ2) is 8.18. The lowest BCUT2D eigenvalue weighted by Crippen LogP contribution is -2.20. The first kappa shape index (κ1) is 18.8. The van der Waals surface area contributed by atoms with Gasteiger partial charge in [0.15, 0.2) is 6.61 Å². The Kier molecular flexibility index (Phi) is 5.71. The molecular weight excluding hydrogens is 362 g/mol. The molecule has 0 radical (unpaired) electrons. The van der Waals surface area contributed by atoms with Crippen molar-refractivity contribution in [2.75, 3.05) is 5.32 Å². The van der Waals surface area contributed by atoms with Crippen LogP contribution in [0.5, 0.6) is 5.75 Å². The molecule has 6 nitrogen and oxygen atoms in total. The van der Waals surface area contributed by atoms with Crippen LogP contribution in [0.2, 0.25) is 0 Å². The zero-order valence-corrected chi connectivity index (χ0v) is 16.3. The second-order valence-corrected chi connectivity index (χ2v) is 6.75. The first-order chi connectivity index (χ1) is 12.9. The van der Waals surface area contributed by atoms with Crippen LogP contribution in [-0.2, 0) is 17.9 Å². The van der Waals surface area contributed by atoms with E-state index in [0.717, 1.165) is 28.1 Å². The first-order valence-corrected chi connectivity index (χ1v) is 8.95. The quantitative estimate of drug-likeness (QED) is 0.641. The van der Waals surface area contributed by atoms with E-state index >= 15 is 0 Å². The Hall–Kier alpha value is -2.93. The number of hydrogen-bond donors (Lipinski definition) is 1. The lowest BCUT2D eigenvalue weighted by molar-refractivity contribution is -0.117. The third kappa shape index (κ3) is 5.04. The molecule has 1 N–H and O–H groups in total. The molecule has 0 fully saturated rings. The van der Waals surface area contributed by atoms with Crippen LogP contribution in [0, 0.1) is 25.6 Å². The third-order valence-corrected chi connectivity index (χ3v) is 4.19. The Balaban J connectivity index is 1.63. The normalized spacial score (nSPS) is 10.6. The maximum absolute atomic E-state index is 12.3. The number of nitrogens with one attached hydrogen (secondary N) is 1. The van der Waals surface area contributed by atoms with Gasteiger partial charge in [-0.3, -0.25) is 4.79 Å². The molecule has 3 rings (SSSR count). The average molecular weight is 383 g/mol. The summed E-state index contributed by atoms with van der Waals surface area (Å²) in [6.45, 7) is 6.04. The molecule has 0 saturated heterocycles. The van der Waals surface area contributed by atoms with Gasteiger partial charge in [0.05, 0.1) is 0 Å². The van der Waals surface area contributed by atoms with Crippen molar-refractivity contribution in [2.24, 2.45) is 0 Å². The van der Waals surface area contributed by atoms with Gasteiger partial charge in [0.25, 0.3) is 10.7 Å². The topological polar surface area (TPSA) is 69.3 Å². The van der Waals surface area contributed by atoms with Gasteiger partial charge in [0, 0.05) is 5.69 Å². The summed E-state index contributed by atoms with van der Waals surface area (Å²) in [6, 6.07) is 13.5. The van der Waals surface area contributed by atoms with Gasteiger partial charge in [-0.05, 0) is 67.9 Å². The minimum atomic E-state index is -0.226. The molecule has 0 atom stereocenters. The lowest BCUT2D eigenvalue weighted by Gasteiger charge is -2.07. The highest BCUT2D eigenvalue weighted by atomic mass is 32.1. The van der Waals surface area contributed by atoms with Gasteiger partial charge in [-0.2, -0.15) is 0 Å². The fourth-order valence-electron chi connectivity index (χ4n) is 2.75. The molecule has 0 spiro atoms. The van der Waals surface area contributed by atoms with E-state index < -0.39 is 0 Å². The van der Waals surface area contributed by atoms with Crippen LogP contribution in [0.25, 0.3) is 0 Å². The summed E-state index contributed by atoms with van der Waals surface area (Å²) in [5, 5.41) is 7.09. The number of benzene rings is 2. The predicted octanol–water partition coefficient (Wildman–Crippen LogP) is 4.35. The molecule has 1 amide bonds. The van der Waals surface area contributed by atoms with E-state index in [1.54, 1.807) is 0 Å². The van der Waals surface area contributed by atoms with Crippen LogP contribution in [0.3, 0.4) is 0 Å². The highest BCUT2D eigenvalue weighted by molar-refractivity contribution is 7.71. The van der Waals surface area contributed by atoms with Crippen molar-refractivity contribution in [1.29, 1.82) is 0 Å². The van der Waals surface area contributed by atoms with Crippen molar-refractivity contribution in [1.82, 2.24) is 9.78 Å². The van der Waals surface area contributed by atoms with Gasteiger partial charge < -0.3 is 14.5 Å². The van der Waals surface area contributed by atoms with E-state index in [4.69, 9.17) is 21.4 Å². The molecule has 0 bridgehead atoms. The van der Waals surface area contributed by atoms with Crippen molar-refractivity contribution in [3.8, 4) is 5.75 Å². The Morgan fingerprint density at radius 3 is 2.59 bits per heavy atom. The number of para-hydroxylation sites is 1. The minimum Gasteiger partial charge on any atom is -0.484 e. The number of rotatable bonds is 6. The third-order valence-electron chi connectivity index (χ3n) is 3.89. The number of ether oxygens (including phenoxy) is 1. The summed E-state index contributed by atoms with van der Waals surface area (Å²) >= 11 is 5.15. The molecule has 140 valence electrons. The maximum Gasteiger partial charge on any atom is 0.287 e. The fourth-order valence-corrected chi connectivity index (χ4v) is 2.95. The van der Waals surface area contributed by atoms with Gasteiger partial charge >= 0.3 is 0 Å². The maximum atomic E-state index is 12.3. The summed E-state index contributed by atoms with van der Waals surface area (Å²) in [7, 11) is 0. The minimum absolute atomic E-state index is 0.0281. The number of anilines is 1. The van der Waals surface area contributed by atoms with E-state index in [1.807, 2.05) is 63.2 Å². The van der Waals surface area contributed by atoms with Gasteiger partial charge in [-0.1, -0.05) is 24.3 Å². The van der Waals surface area contributed by atoms with Crippen LogP contribution in [0.15, 0.2) is 46.9 Å². The molecule has 0 saturated carbocycles. The van der Waals surface area contributed by atoms with Crippen LogP contribution in [0.4, 0.5) is 5.69 Å². The van der Waals surface area contributed by atoms with Crippen molar-refractivity contribution in [3.05, 3.63) is 69.9 Å². The Morgan fingerprint density at radius 2 is 1.89 bits per heavy atom. The number of amides is 1. The fraction of sp³-hybridized carbons (Fsp3) is 0.250. The first-order valence-electron chi connectivity index (χ1n) is 8.54. The Morgan fingerprint density at radius 1 is 1.19 bits per heavy atom. The van der Waals surface area contributed by atoms with Crippen molar-refractivity contribution in [3.63, 3.8) is 0 Å². The van der Waals surface area contributed by atoms with Crippen LogP contribution >= 0.6 is 12.2 Å². The number of aryl methyl sites for hydroxylation is 3. The molecule has 0 aliphatic carbocycles.